The highest BCUT2D eigenvalue weighted by Crippen LogP contribution is 2.23. The summed E-state index contributed by atoms with van der Waals surface area (Å²) >= 11 is 2.79. The summed E-state index contributed by atoms with van der Waals surface area (Å²) in [4.78, 5) is 27.2. The number of hydrogen-bond acceptors (Lipinski definition) is 6. The number of nitrogens with zero attached hydrogens (tertiary/aromatic N) is 1. The fraction of sp³-hybridized carbons (Fsp3) is 0.308. The van der Waals surface area contributed by atoms with Crippen LogP contribution in [0.15, 0.2) is 28.2 Å². The number of amides is 1. The summed E-state index contributed by atoms with van der Waals surface area (Å²) in [5, 5.41) is 13.1. The number of aromatic nitrogens is 1. The zero-order chi connectivity index (χ0) is 15.1. The Labute approximate surface area is 129 Å². The molecule has 2 N–H and O–H groups in total. The number of carbonyl (C=O) groups excluding carboxylic acids is 1. The number of carboxylic acid groups (broad SMARTS) is 1. The first-order chi connectivity index (χ1) is 10.1. The molecule has 6 nitrogen and oxygen atoms in total. The summed E-state index contributed by atoms with van der Waals surface area (Å²) in [6, 6.07) is 3.81. The van der Waals surface area contributed by atoms with Crippen LogP contribution in [0.4, 0.5) is 0 Å². The SMILES string of the molecule is O=C(O)CSCCNC(=O)Cc1coc(-c2cccs2)n1. The van der Waals surface area contributed by atoms with Crippen LogP contribution in [0.3, 0.4) is 0 Å². The van der Waals surface area contributed by atoms with Crippen molar-refractivity contribution in [1.29, 1.82) is 0 Å². The summed E-state index contributed by atoms with van der Waals surface area (Å²) in [6.07, 6.45) is 1.63. The maximum absolute atomic E-state index is 11.7. The van der Waals surface area contributed by atoms with Crippen molar-refractivity contribution in [3.63, 3.8) is 0 Å². The van der Waals surface area contributed by atoms with Crippen LogP contribution in [0, 0.1) is 0 Å². The Morgan fingerprint density at radius 1 is 1.48 bits per heavy atom. The molecule has 0 radical (unpaired) electrons. The molecule has 0 saturated carbocycles. The summed E-state index contributed by atoms with van der Waals surface area (Å²) in [5.74, 6) is 0.123. The molecule has 0 bridgehead atoms. The predicted octanol–water partition coefficient (Wildman–Crippen LogP) is 1.88. The van der Waals surface area contributed by atoms with Crippen molar-refractivity contribution in [3.05, 3.63) is 29.5 Å². The molecule has 8 heteroatoms. The molecular weight excluding hydrogens is 312 g/mol. The van der Waals surface area contributed by atoms with Gasteiger partial charge in [-0.1, -0.05) is 6.07 Å². The Kier molecular flexibility index (Phi) is 5.82. The smallest absolute Gasteiger partial charge is 0.313 e. The number of hydrogen-bond donors (Lipinski definition) is 2. The zero-order valence-electron chi connectivity index (χ0n) is 11.1. The van der Waals surface area contributed by atoms with Gasteiger partial charge in [-0.15, -0.1) is 23.1 Å². The van der Waals surface area contributed by atoms with Crippen LogP contribution in [0.25, 0.3) is 10.8 Å². The number of carbonyl (C=O) groups is 2. The number of rotatable bonds is 8. The number of aliphatic carboxylic acids is 1. The molecule has 0 fully saturated rings. The first-order valence-corrected chi connectivity index (χ1v) is 8.23. The van der Waals surface area contributed by atoms with Crippen LogP contribution in [-0.2, 0) is 16.0 Å². The molecule has 21 heavy (non-hydrogen) atoms. The highest BCUT2D eigenvalue weighted by atomic mass is 32.2. The third-order valence-electron chi connectivity index (χ3n) is 2.42. The monoisotopic (exact) mass is 326 g/mol. The third-order valence-corrected chi connectivity index (χ3v) is 4.22. The fourth-order valence-corrected chi connectivity index (χ4v) is 2.77. The number of thioether (sulfide) groups is 1. The summed E-state index contributed by atoms with van der Waals surface area (Å²) < 4.78 is 5.33. The predicted molar refractivity (Wildman–Crippen MR) is 81.5 cm³/mol. The standard InChI is InChI=1S/C13H14N2O4S2/c16-11(14-3-5-20-8-12(17)18)6-9-7-19-13(15-9)10-2-1-4-21-10/h1-2,4,7H,3,5-6,8H2,(H,14,16)(H,17,18). The van der Waals surface area contributed by atoms with E-state index in [9.17, 15) is 9.59 Å². The van der Waals surface area contributed by atoms with Gasteiger partial charge in [-0.2, -0.15) is 0 Å². The van der Waals surface area contributed by atoms with Crippen molar-refractivity contribution < 1.29 is 19.1 Å². The van der Waals surface area contributed by atoms with E-state index in [-0.39, 0.29) is 18.1 Å². The molecule has 0 atom stereocenters. The molecule has 0 spiro atoms. The lowest BCUT2D eigenvalue weighted by Crippen LogP contribution is -2.27. The van der Waals surface area contributed by atoms with E-state index in [0.717, 1.165) is 4.88 Å². The van der Waals surface area contributed by atoms with E-state index in [1.807, 2.05) is 17.5 Å². The fourth-order valence-electron chi connectivity index (χ4n) is 1.55. The Bertz CT molecular complexity index is 595. The molecule has 2 aromatic heterocycles. The van der Waals surface area contributed by atoms with Gasteiger partial charge in [0.1, 0.15) is 6.26 Å². The van der Waals surface area contributed by atoms with E-state index in [0.29, 0.717) is 23.9 Å². The Hall–Kier alpha value is -1.80. The molecule has 0 aliphatic rings. The Balaban J connectivity index is 1.72. The Morgan fingerprint density at radius 3 is 3.05 bits per heavy atom. The minimum atomic E-state index is -0.852. The van der Waals surface area contributed by atoms with Crippen LogP contribution in [-0.4, -0.2) is 40.0 Å². The van der Waals surface area contributed by atoms with Crippen molar-refractivity contribution >= 4 is 35.0 Å². The Morgan fingerprint density at radius 2 is 2.33 bits per heavy atom. The van der Waals surface area contributed by atoms with Crippen molar-refractivity contribution in [2.75, 3.05) is 18.1 Å². The molecular formula is C13H14N2O4S2. The molecule has 2 heterocycles. The van der Waals surface area contributed by atoms with Crippen LogP contribution in [0.1, 0.15) is 5.69 Å². The van der Waals surface area contributed by atoms with E-state index >= 15 is 0 Å². The second-order valence-electron chi connectivity index (χ2n) is 4.09. The molecule has 1 amide bonds. The average Bonchev–Trinajstić information content (AvgIpc) is 3.08. The largest absolute Gasteiger partial charge is 0.481 e. The van der Waals surface area contributed by atoms with E-state index in [2.05, 4.69) is 10.3 Å². The number of oxazole rings is 1. The lowest BCUT2D eigenvalue weighted by molar-refractivity contribution is -0.133. The van der Waals surface area contributed by atoms with Crippen molar-refractivity contribution in [2.45, 2.75) is 6.42 Å². The molecule has 0 saturated heterocycles. The first-order valence-electron chi connectivity index (χ1n) is 6.19. The minimum Gasteiger partial charge on any atom is -0.481 e. The van der Waals surface area contributed by atoms with Gasteiger partial charge in [0.25, 0.3) is 0 Å². The van der Waals surface area contributed by atoms with E-state index in [1.165, 1.54) is 29.4 Å². The van der Waals surface area contributed by atoms with Gasteiger partial charge in [0.05, 0.1) is 22.7 Å². The molecule has 0 aromatic carbocycles. The van der Waals surface area contributed by atoms with Gasteiger partial charge in [-0.3, -0.25) is 9.59 Å². The quantitative estimate of drug-likeness (QED) is 0.720. The van der Waals surface area contributed by atoms with Crippen LogP contribution < -0.4 is 5.32 Å². The summed E-state index contributed by atoms with van der Waals surface area (Å²) in [6.45, 7) is 0.437. The molecule has 2 aromatic rings. The second kappa shape index (κ2) is 7.84. The van der Waals surface area contributed by atoms with Gasteiger partial charge in [0.15, 0.2) is 0 Å². The molecule has 0 unspecified atom stereocenters. The van der Waals surface area contributed by atoms with Gasteiger partial charge < -0.3 is 14.8 Å². The van der Waals surface area contributed by atoms with Crippen molar-refractivity contribution in [1.82, 2.24) is 10.3 Å². The number of nitrogens with one attached hydrogen (secondary N) is 1. The lowest BCUT2D eigenvalue weighted by Gasteiger charge is -2.02. The van der Waals surface area contributed by atoms with E-state index < -0.39 is 5.97 Å². The first kappa shape index (κ1) is 15.6. The molecule has 112 valence electrons. The van der Waals surface area contributed by atoms with E-state index in [4.69, 9.17) is 9.52 Å². The van der Waals surface area contributed by atoms with Crippen LogP contribution >= 0.6 is 23.1 Å². The van der Waals surface area contributed by atoms with E-state index in [1.54, 1.807) is 0 Å². The topological polar surface area (TPSA) is 92.4 Å². The van der Waals surface area contributed by atoms with Gasteiger partial charge >= 0.3 is 5.97 Å². The van der Waals surface area contributed by atoms with Crippen LogP contribution in [0.5, 0.6) is 0 Å². The highest BCUT2D eigenvalue weighted by molar-refractivity contribution is 7.99. The van der Waals surface area contributed by atoms with Crippen LogP contribution in [0.2, 0.25) is 0 Å². The highest BCUT2D eigenvalue weighted by Gasteiger charge is 2.10. The molecule has 2 rings (SSSR count). The number of thiophene rings is 1. The second-order valence-corrected chi connectivity index (χ2v) is 6.15. The van der Waals surface area contributed by atoms with Crippen molar-refractivity contribution in [3.8, 4) is 10.8 Å². The summed E-state index contributed by atoms with van der Waals surface area (Å²) in [5.41, 5.74) is 0.578. The third kappa shape index (κ3) is 5.24. The van der Waals surface area contributed by atoms with Gasteiger partial charge in [-0.25, -0.2) is 4.98 Å². The number of carboxylic acids is 1. The normalized spacial score (nSPS) is 10.5. The van der Waals surface area contributed by atoms with Gasteiger partial charge in [-0.05, 0) is 11.4 Å². The van der Waals surface area contributed by atoms with Gasteiger partial charge in [0, 0.05) is 12.3 Å². The summed E-state index contributed by atoms with van der Waals surface area (Å²) in [7, 11) is 0. The minimum absolute atomic E-state index is 0.0450. The van der Waals surface area contributed by atoms with Crippen molar-refractivity contribution in [2.24, 2.45) is 0 Å². The zero-order valence-corrected chi connectivity index (χ0v) is 12.7. The lowest BCUT2D eigenvalue weighted by atomic mass is 10.3. The molecule has 0 aliphatic carbocycles. The maximum atomic E-state index is 11.7. The maximum Gasteiger partial charge on any atom is 0.313 e. The molecule has 0 aliphatic heterocycles. The van der Waals surface area contributed by atoms with Gasteiger partial charge in [0.2, 0.25) is 11.8 Å². The average molecular weight is 326 g/mol.